The maximum atomic E-state index is 12.5. The van der Waals surface area contributed by atoms with Gasteiger partial charge in [0.2, 0.25) is 5.91 Å². The van der Waals surface area contributed by atoms with Gasteiger partial charge in [0.25, 0.3) is 0 Å². The third-order valence-electron chi connectivity index (χ3n) is 5.99. The van der Waals surface area contributed by atoms with Gasteiger partial charge in [-0.05, 0) is 51.2 Å². The smallest absolute Gasteiger partial charge is 0.229 e. The zero-order valence-electron chi connectivity index (χ0n) is 19.3. The molecule has 31 heavy (non-hydrogen) atoms. The fourth-order valence-electron chi connectivity index (χ4n) is 3.78. The van der Waals surface area contributed by atoms with Crippen LogP contribution in [0.1, 0.15) is 32.8 Å². The topological polar surface area (TPSA) is 65.8 Å². The van der Waals surface area contributed by atoms with Crippen LogP contribution in [0.5, 0.6) is 0 Å². The molecule has 4 rings (SSSR count). The predicted molar refractivity (Wildman–Crippen MR) is 126 cm³/mol. The first-order valence-electron chi connectivity index (χ1n) is 10.8. The summed E-state index contributed by atoms with van der Waals surface area (Å²) < 4.78 is 1.85. The van der Waals surface area contributed by atoms with Crippen molar-refractivity contribution >= 4 is 23.1 Å². The number of nitrogens with one attached hydrogen (secondary N) is 1. The molecule has 3 aromatic rings. The first-order chi connectivity index (χ1) is 14.6. The molecule has 0 radical (unpaired) electrons. The fourth-order valence-corrected chi connectivity index (χ4v) is 3.78. The summed E-state index contributed by atoms with van der Waals surface area (Å²) in [4.78, 5) is 21.8. The lowest BCUT2D eigenvalue weighted by Gasteiger charge is -2.20. The molecule has 1 unspecified atom stereocenters. The van der Waals surface area contributed by atoms with Gasteiger partial charge in [0.05, 0.1) is 11.9 Å². The highest BCUT2D eigenvalue weighted by molar-refractivity contribution is 5.95. The molecule has 7 nitrogen and oxygen atoms in total. The lowest BCUT2D eigenvalue weighted by Crippen LogP contribution is -2.31. The van der Waals surface area contributed by atoms with Crippen LogP contribution in [0.15, 0.2) is 36.5 Å². The normalized spacial score (nSPS) is 17.0. The summed E-state index contributed by atoms with van der Waals surface area (Å²) in [5.41, 5.74) is 3.99. The van der Waals surface area contributed by atoms with Crippen molar-refractivity contribution in [2.24, 2.45) is 5.41 Å². The number of hydrogen-bond acceptors (Lipinski definition) is 5. The molecular formula is C24H32N6O. The Hall–Kier alpha value is -2.93. The Morgan fingerprint density at radius 3 is 2.65 bits per heavy atom. The SMILES string of the molecule is Cc1ccc(-c2cn3nc(N4CCC(N(C)C)C4)ccc3n2)cc1NC(=O)C(C)(C)C. The van der Waals surface area contributed by atoms with Crippen LogP contribution in [-0.4, -0.2) is 58.6 Å². The molecule has 1 amide bonds. The van der Waals surface area contributed by atoms with Gasteiger partial charge in [0, 0.05) is 35.8 Å². The number of fused-ring (bicyclic) bond motifs is 1. The van der Waals surface area contributed by atoms with E-state index in [1.54, 1.807) is 0 Å². The summed E-state index contributed by atoms with van der Waals surface area (Å²) in [6.07, 6.45) is 3.10. The van der Waals surface area contributed by atoms with Crippen LogP contribution in [-0.2, 0) is 4.79 Å². The van der Waals surface area contributed by atoms with Gasteiger partial charge in [-0.15, -0.1) is 5.10 Å². The summed E-state index contributed by atoms with van der Waals surface area (Å²) in [5, 5.41) is 7.86. The van der Waals surface area contributed by atoms with Gasteiger partial charge < -0.3 is 15.1 Å². The lowest BCUT2D eigenvalue weighted by atomic mass is 9.95. The average molecular weight is 421 g/mol. The van der Waals surface area contributed by atoms with Crippen LogP contribution in [0.3, 0.4) is 0 Å². The molecule has 0 aliphatic carbocycles. The molecule has 1 fully saturated rings. The van der Waals surface area contributed by atoms with Gasteiger partial charge in [-0.1, -0.05) is 32.9 Å². The number of aromatic nitrogens is 3. The Labute approximate surface area is 184 Å². The summed E-state index contributed by atoms with van der Waals surface area (Å²) in [7, 11) is 4.26. The van der Waals surface area contributed by atoms with Crippen molar-refractivity contribution in [2.75, 3.05) is 37.4 Å². The number of benzene rings is 1. The largest absolute Gasteiger partial charge is 0.354 e. The molecule has 1 aliphatic heterocycles. The fraction of sp³-hybridized carbons (Fsp3) is 0.458. The van der Waals surface area contributed by atoms with Gasteiger partial charge in [-0.2, -0.15) is 0 Å². The molecule has 0 saturated carbocycles. The van der Waals surface area contributed by atoms with E-state index in [1.165, 1.54) is 0 Å². The van der Waals surface area contributed by atoms with Gasteiger partial charge in [0.15, 0.2) is 5.65 Å². The Bertz CT molecular complexity index is 1110. The predicted octanol–water partition coefficient (Wildman–Crippen LogP) is 3.83. The van der Waals surface area contributed by atoms with E-state index in [2.05, 4.69) is 29.2 Å². The van der Waals surface area contributed by atoms with Crippen LogP contribution < -0.4 is 10.2 Å². The van der Waals surface area contributed by atoms with Crippen molar-refractivity contribution in [3.8, 4) is 11.3 Å². The third-order valence-corrected chi connectivity index (χ3v) is 5.99. The molecule has 1 N–H and O–H groups in total. The maximum Gasteiger partial charge on any atom is 0.229 e. The third kappa shape index (κ3) is 4.42. The van der Waals surface area contributed by atoms with E-state index < -0.39 is 5.41 Å². The second-order valence-electron chi connectivity index (χ2n) is 9.71. The number of carbonyl (C=O) groups excluding carboxylic acids is 1. The van der Waals surface area contributed by atoms with E-state index in [9.17, 15) is 4.79 Å². The van der Waals surface area contributed by atoms with Crippen molar-refractivity contribution in [3.05, 3.63) is 42.1 Å². The molecule has 1 saturated heterocycles. The number of hydrogen-bond donors (Lipinski definition) is 1. The van der Waals surface area contributed by atoms with E-state index in [4.69, 9.17) is 10.1 Å². The molecule has 0 bridgehead atoms. The van der Waals surface area contributed by atoms with E-state index in [0.29, 0.717) is 6.04 Å². The van der Waals surface area contributed by atoms with Crippen LogP contribution in [0.4, 0.5) is 11.5 Å². The van der Waals surface area contributed by atoms with E-state index in [-0.39, 0.29) is 5.91 Å². The average Bonchev–Trinajstić information content (AvgIpc) is 3.35. The Morgan fingerprint density at radius 2 is 1.97 bits per heavy atom. The van der Waals surface area contributed by atoms with Crippen molar-refractivity contribution in [1.82, 2.24) is 19.5 Å². The number of aryl methyl sites for hydroxylation is 1. The minimum atomic E-state index is -0.451. The van der Waals surface area contributed by atoms with Crippen LogP contribution in [0, 0.1) is 12.3 Å². The first kappa shape index (κ1) is 21.3. The van der Waals surface area contributed by atoms with Crippen LogP contribution in [0.25, 0.3) is 16.9 Å². The monoisotopic (exact) mass is 420 g/mol. The highest BCUT2D eigenvalue weighted by atomic mass is 16.2. The minimum Gasteiger partial charge on any atom is -0.354 e. The Kier molecular flexibility index (Phi) is 5.47. The number of anilines is 2. The van der Waals surface area contributed by atoms with Crippen molar-refractivity contribution in [3.63, 3.8) is 0 Å². The number of amides is 1. The number of likely N-dealkylation sites (N-methyl/N-ethyl adjacent to an activating group) is 1. The second kappa shape index (κ2) is 7.96. The van der Waals surface area contributed by atoms with Crippen molar-refractivity contribution in [1.29, 1.82) is 0 Å². The van der Waals surface area contributed by atoms with Gasteiger partial charge in [0.1, 0.15) is 5.82 Å². The minimum absolute atomic E-state index is 0.00398. The summed E-state index contributed by atoms with van der Waals surface area (Å²) in [6.45, 7) is 9.73. The van der Waals surface area contributed by atoms with Gasteiger partial charge in [-0.3, -0.25) is 4.79 Å². The molecular weight excluding hydrogens is 388 g/mol. The molecule has 3 heterocycles. The van der Waals surface area contributed by atoms with Gasteiger partial charge >= 0.3 is 0 Å². The molecule has 1 aromatic carbocycles. The number of carbonyl (C=O) groups is 1. The zero-order valence-corrected chi connectivity index (χ0v) is 19.3. The number of imidazole rings is 1. The molecule has 0 spiro atoms. The van der Waals surface area contributed by atoms with Crippen molar-refractivity contribution in [2.45, 2.75) is 40.2 Å². The Balaban J connectivity index is 1.60. The maximum absolute atomic E-state index is 12.5. The van der Waals surface area contributed by atoms with Gasteiger partial charge in [-0.25, -0.2) is 9.50 Å². The second-order valence-corrected chi connectivity index (χ2v) is 9.71. The Morgan fingerprint density at radius 1 is 1.19 bits per heavy atom. The number of rotatable bonds is 4. The summed E-state index contributed by atoms with van der Waals surface area (Å²) in [6, 6.07) is 10.7. The van der Waals surface area contributed by atoms with E-state index in [0.717, 1.165) is 53.5 Å². The highest BCUT2D eigenvalue weighted by Crippen LogP contribution is 2.27. The summed E-state index contributed by atoms with van der Waals surface area (Å²) >= 11 is 0. The van der Waals surface area contributed by atoms with Crippen molar-refractivity contribution < 1.29 is 4.79 Å². The van der Waals surface area contributed by atoms with Crippen LogP contribution in [0.2, 0.25) is 0 Å². The molecule has 1 atom stereocenters. The first-order valence-corrected chi connectivity index (χ1v) is 10.8. The molecule has 7 heteroatoms. The number of nitrogens with zero attached hydrogens (tertiary/aromatic N) is 5. The standard InChI is InChI=1S/C24H32N6O/c1-16-7-8-17(13-19(16)26-23(31)24(2,3)4)20-15-30-21(25-20)9-10-22(27-30)29-12-11-18(14-29)28(5)6/h7-10,13,15,18H,11-12,14H2,1-6H3,(H,26,31). The van der Waals surface area contributed by atoms with E-state index >= 15 is 0 Å². The summed E-state index contributed by atoms with van der Waals surface area (Å²) in [5.74, 6) is 0.971. The van der Waals surface area contributed by atoms with E-state index in [1.807, 2.05) is 68.7 Å². The lowest BCUT2D eigenvalue weighted by molar-refractivity contribution is -0.123. The highest BCUT2D eigenvalue weighted by Gasteiger charge is 2.25. The van der Waals surface area contributed by atoms with Crippen LogP contribution >= 0.6 is 0 Å². The zero-order chi connectivity index (χ0) is 22.3. The quantitative estimate of drug-likeness (QED) is 0.695. The molecule has 164 valence electrons. The molecule has 1 aliphatic rings. The molecule has 2 aromatic heterocycles.